The Balaban J connectivity index is 0.00000129. The number of hydrogen-bond donors (Lipinski definition) is 1. The Hall–Kier alpha value is -2.28. The third kappa shape index (κ3) is 8.95. The number of allylic oxidation sites excluding steroid dienone is 7. The quantitative estimate of drug-likeness (QED) is 0.553. The van der Waals surface area contributed by atoms with Gasteiger partial charge in [0.05, 0.1) is 0 Å². The van der Waals surface area contributed by atoms with Crippen LogP contribution in [-0.2, 0) is 0 Å². The molecule has 136 valence electrons. The monoisotopic (exact) mass is 337 g/mol. The van der Waals surface area contributed by atoms with Crippen molar-refractivity contribution >= 4 is 5.57 Å². The Bertz CT molecular complexity index is 680. The maximum Gasteiger partial charge on any atom is -0.00242 e. The zero-order valence-corrected chi connectivity index (χ0v) is 17.0. The highest BCUT2D eigenvalue weighted by Crippen LogP contribution is 2.22. The zero-order valence-electron chi connectivity index (χ0n) is 17.0. The molecule has 0 radical (unpaired) electrons. The lowest BCUT2D eigenvalue weighted by atomic mass is 9.96. The van der Waals surface area contributed by atoms with Crippen molar-refractivity contribution in [1.82, 2.24) is 0 Å². The normalized spacial score (nSPS) is 11.4. The van der Waals surface area contributed by atoms with Crippen LogP contribution in [0.5, 0.6) is 0 Å². The average Bonchev–Trinajstić information content (AvgIpc) is 2.53. The highest BCUT2D eigenvalue weighted by atomic mass is 14.5. The van der Waals surface area contributed by atoms with E-state index in [1.54, 1.807) is 6.92 Å². The molecule has 0 heterocycles. The molecule has 0 aliphatic carbocycles. The van der Waals surface area contributed by atoms with E-state index in [2.05, 4.69) is 84.7 Å². The fourth-order valence-electron chi connectivity index (χ4n) is 2.33. The van der Waals surface area contributed by atoms with Gasteiger partial charge in [-0.1, -0.05) is 74.6 Å². The minimum absolute atomic E-state index is 0.667. The molecule has 0 atom stereocenters. The summed E-state index contributed by atoms with van der Waals surface area (Å²) in [6.45, 7) is 24.2. The molecule has 0 fully saturated rings. The molecule has 0 unspecified atom stereocenters. The van der Waals surface area contributed by atoms with Gasteiger partial charge in [0.25, 0.3) is 0 Å². The Morgan fingerprint density at radius 1 is 1.04 bits per heavy atom. The number of benzene rings is 1. The van der Waals surface area contributed by atoms with Crippen molar-refractivity contribution in [3.8, 4) is 0 Å². The van der Waals surface area contributed by atoms with Crippen molar-refractivity contribution in [3.05, 3.63) is 89.2 Å². The van der Waals surface area contributed by atoms with Crippen molar-refractivity contribution in [3.63, 3.8) is 0 Å². The zero-order chi connectivity index (χ0) is 19.6. The summed E-state index contributed by atoms with van der Waals surface area (Å²) in [6.07, 6.45) is 6.47. The summed E-state index contributed by atoms with van der Waals surface area (Å²) in [5, 5.41) is 0. The van der Waals surface area contributed by atoms with E-state index in [1.807, 2.05) is 0 Å². The molecule has 1 aromatic carbocycles. The van der Waals surface area contributed by atoms with E-state index in [9.17, 15) is 0 Å². The lowest BCUT2D eigenvalue weighted by Crippen LogP contribution is -1.89. The van der Waals surface area contributed by atoms with Gasteiger partial charge in [0.1, 0.15) is 0 Å². The molecule has 1 aromatic rings. The predicted octanol–water partition coefficient (Wildman–Crippen LogP) is 7.04. The minimum atomic E-state index is 0.667. The second-order valence-electron chi connectivity index (χ2n) is 6.70. The van der Waals surface area contributed by atoms with Gasteiger partial charge >= 0.3 is 0 Å². The fraction of sp³-hybridized carbons (Fsp3) is 0.333. The number of aryl methyl sites for hydroxylation is 2. The molecule has 0 bridgehead atoms. The summed E-state index contributed by atoms with van der Waals surface area (Å²) < 4.78 is 0. The molecule has 1 rings (SSSR count). The Morgan fingerprint density at radius 3 is 2.12 bits per heavy atom. The van der Waals surface area contributed by atoms with Crippen LogP contribution >= 0.6 is 0 Å². The molecule has 0 saturated heterocycles. The van der Waals surface area contributed by atoms with Gasteiger partial charge in [-0.25, -0.2) is 0 Å². The van der Waals surface area contributed by atoms with E-state index >= 15 is 0 Å². The molecule has 0 aliphatic rings. The van der Waals surface area contributed by atoms with Gasteiger partial charge in [0.2, 0.25) is 0 Å². The van der Waals surface area contributed by atoms with Crippen LogP contribution in [0.4, 0.5) is 0 Å². The summed E-state index contributed by atoms with van der Waals surface area (Å²) in [5.74, 6) is 0. The van der Waals surface area contributed by atoms with Crippen molar-refractivity contribution in [2.75, 3.05) is 0 Å². The van der Waals surface area contributed by atoms with Gasteiger partial charge in [-0.15, -0.1) is 0 Å². The van der Waals surface area contributed by atoms with Crippen LogP contribution in [0.3, 0.4) is 0 Å². The predicted molar refractivity (Wildman–Crippen MR) is 116 cm³/mol. The Kier molecular flexibility index (Phi) is 10.3. The van der Waals surface area contributed by atoms with Crippen molar-refractivity contribution < 1.29 is 0 Å². The summed E-state index contributed by atoms with van der Waals surface area (Å²) in [6, 6.07) is 6.47. The maximum atomic E-state index is 4.92. The second kappa shape index (κ2) is 11.3. The molecule has 1 heteroatoms. The molecule has 0 saturated carbocycles. The van der Waals surface area contributed by atoms with Crippen molar-refractivity contribution in [2.24, 2.45) is 5.73 Å². The lowest BCUT2D eigenvalue weighted by Gasteiger charge is -2.09. The number of hydrogen-bond acceptors (Lipinski definition) is 1. The van der Waals surface area contributed by atoms with E-state index in [-0.39, 0.29) is 0 Å². The Labute approximate surface area is 155 Å². The average molecular weight is 338 g/mol. The topological polar surface area (TPSA) is 26.0 Å². The third-order valence-electron chi connectivity index (χ3n) is 3.97. The molecule has 2 N–H and O–H groups in total. The molecular formula is C24H35N. The fourth-order valence-corrected chi connectivity index (χ4v) is 2.33. The SMILES string of the molecule is C=C(/C=C\C(=C)c1cc(C)ccc1C)/C(C)=C(\C)CCC.C=C(C)N. The lowest BCUT2D eigenvalue weighted by molar-refractivity contribution is 0.893. The first kappa shape index (κ1) is 22.7. The minimum Gasteiger partial charge on any atom is -0.403 e. The Morgan fingerprint density at radius 2 is 1.60 bits per heavy atom. The molecule has 0 aromatic heterocycles. The van der Waals surface area contributed by atoms with Crippen molar-refractivity contribution in [2.45, 2.75) is 54.4 Å². The van der Waals surface area contributed by atoms with Gasteiger partial charge < -0.3 is 5.73 Å². The standard InChI is InChI=1S/C21H28.C3H7N/c1-8-9-16(3)20(7)17(4)12-13-19(6)21-14-15(2)10-11-18(21)5;1-3(2)4/h10-14H,4,6,8-9H2,1-3,5,7H3;1,4H2,2H3/b13-12-,20-16+;. The second-order valence-corrected chi connectivity index (χ2v) is 6.70. The van der Waals surface area contributed by atoms with E-state index in [4.69, 9.17) is 5.73 Å². The molecule has 1 nitrogen and oxygen atoms in total. The highest BCUT2D eigenvalue weighted by Gasteiger charge is 2.02. The molecule has 25 heavy (non-hydrogen) atoms. The smallest absolute Gasteiger partial charge is 0.00242 e. The highest BCUT2D eigenvalue weighted by molar-refractivity contribution is 5.75. The summed E-state index contributed by atoms with van der Waals surface area (Å²) >= 11 is 0. The number of nitrogens with two attached hydrogens (primary N) is 1. The van der Waals surface area contributed by atoms with Crippen LogP contribution in [0.25, 0.3) is 5.57 Å². The van der Waals surface area contributed by atoms with Gasteiger partial charge in [0, 0.05) is 0 Å². The molecule has 0 amide bonds. The van der Waals surface area contributed by atoms with Crippen LogP contribution in [0.1, 0.15) is 57.2 Å². The first-order valence-electron chi connectivity index (χ1n) is 8.81. The third-order valence-corrected chi connectivity index (χ3v) is 3.97. The van der Waals surface area contributed by atoms with Crippen LogP contribution in [0.15, 0.2) is 72.5 Å². The van der Waals surface area contributed by atoms with Crippen LogP contribution in [0, 0.1) is 13.8 Å². The van der Waals surface area contributed by atoms with E-state index in [1.165, 1.54) is 34.3 Å². The first-order chi connectivity index (χ1) is 11.6. The van der Waals surface area contributed by atoms with Gasteiger partial charge in [0.15, 0.2) is 0 Å². The van der Waals surface area contributed by atoms with E-state index < -0.39 is 0 Å². The largest absolute Gasteiger partial charge is 0.403 e. The summed E-state index contributed by atoms with van der Waals surface area (Å²) in [7, 11) is 0. The maximum absolute atomic E-state index is 4.92. The molecule has 0 spiro atoms. The molecular weight excluding hydrogens is 302 g/mol. The summed E-state index contributed by atoms with van der Waals surface area (Å²) in [5.41, 5.74) is 14.2. The van der Waals surface area contributed by atoms with Crippen LogP contribution in [0.2, 0.25) is 0 Å². The first-order valence-corrected chi connectivity index (χ1v) is 8.81. The van der Waals surface area contributed by atoms with Gasteiger partial charge in [-0.3, -0.25) is 0 Å². The van der Waals surface area contributed by atoms with Crippen LogP contribution in [-0.4, -0.2) is 0 Å². The number of rotatable bonds is 6. The van der Waals surface area contributed by atoms with Gasteiger partial charge in [-0.05, 0) is 74.6 Å². The van der Waals surface area contributed by atoms with Crippen molar-refractivity contribution in [1.29, 1.82) is 0 Å². The summed E-state index contributed by atoms with van der Waals surface area (Å²) in [4.78, 5) is 0. The van der Waals surface area contributed by atoms with E-state index in [0.29, 0.717) is 5.70 Å². The molecule has 0 aliphatic heterocycles. The van der Waals surface area contributed by atoms with Crippen LogP contribution < -0.4 is 5.73 Å². The van der Waals surface area contributed by atoms with E-state index in [0.717, 1.165) is 17.6 Å². The van der Waals surface area contributed by atoms with Gasteiger partial charge in [-0.2, -0.15) is 0 Å².